The van der Waals surface area contributed by atoms with Crippen LogP contribution in [0.5, 0.6) is 0 Å². The van der Waals surface area contributed by atoms with Crippen LogP contribution in [0.15, 0.2) is 39.5 Å². The van der Waals surface area contributed by atoms with Crippen LogP contribution in [-0.4, -0.2) is 15.5 Å². The van der Waals surface area contributed by atoms with E-state index in [1.807, 2.05) is 30.5 Å². The molecule has 146 valence electrons. The number of furan rings is 1. The van der Waals surface area contributed by atoms with Crippen molar-refractivity contribution in [3.63, 3.8) is 0 Å². The van der Waals surface area contributed by atoms with Gasteiger partial charge in [0.05, 0.1) is 16.9 Å². The van der Waals surface area contributed by atoms with E-state index in [1.165, 1.54) is 6.42 Å². The first-order valence-electron chi connectivity index (χ1n) is 9.93. The van der Waals surface area contributed by atoms with Gasteiger partial charge in [0.1, 0.15) is 17.3 Å². The quantitative estimate of drug-likeness (QED) is 0.749. The van der Waals surface area contributed by atoms with E-state index in [0.29, 0.717) is 22.2 Å². The van der Waals surface area contributed by atoms with Gasteiger partial charge in [-0.25, -0.2) is 4.98 Å². The molecule has 1 amide bonds. The second-order valence-corrected chi connectivity index (χ2v) is 7.52. The molecule has 2 aromatic heterocycles. The summed E-state index contributed by atoms with van der Waals surface area (Å²) in [5.74, 6) is 2.14. The average molecular weight is 379 g/mol. The second-order valence-electron chi connectivity index (χ2n) is 7.52. The molecule has 0 fully saturated rings. The zero-order chi connectivity index (χ0) is 19.7. The third-order valence-corrected chi connectivity index (χ3v) is 5.36. The number of carbonyl (C=O) groups excluding carboxylic acids is 1. The molecule has 1 aromatic carbocycles. The Labute approximate surface area is 163 Å². The molecule has 0 bridgehead atoms. The van der Waals surface area contributed by atoms with Crippen LogP contribution in [0.25, 0.3) is 10.9 Å². The number of rotatable bonds is 3. The minimum Gasteiger partial charge on any atom is -0.464 e. The molecule has 28 heavy (non-hydrogen) atoms. The van der Waals surface area contributed by atoms with E-state index in [-0.39, 0.29) is 17.5 Å². The van der Waals surface area contributed by atoms with Crippen molar-refractivity contribution >= 4 is 16.8 Å². The van der Waals surface area contributed by atoms with E-state index in [2.05, 4.69) is 5.32 Å². The Morgan fingerprint density at radius 2 is 2.00 bits per heavy atom. The molecule has 3 aromatic rings. The van der Waals surface area contributed by atoms with Crippen LogP contribution in [0.2, 0.25) is 0 Å². The molecule has 0 aliphatic carbocycles. The maximum absolute atomic E-state index is 12.9. The average Bonchev–Trinajstić information content (AvgIpc) is 3.09. The minimum absolute atomic E-state index is 0.00622. The Kier molecular flexibility index (Phi) is 5.03. The van der Waals surface area contributed by atoms with Gasteiger partial charge in [0.25, 0.3) is 11.5 Å². The first-order valence-corrected chi connectivity index (χ1v) is 9.93. The van der Waals surface area contributed by atoms with Gasteiger partial charge in [-0.1, -0.05) is 12.8 Å². The summed E-state index contributed by atoms with van der Waals surface area (Å²) in [7, 11) is 0. The highest BCUT2D eigenvalue weighted by atomic mass is 16.3. The zero-order valence-corrected chi connectivity index (χ0v) is 16.3. The number of carbonyl (C=O) groups is 1. The molecule has 3 heterocycles. The third kappa shape index (κ3) is 3.59. The van der Waals surface area contributed by atoms with Gasteiger partial charge in [-0.15, -0.1) is 0 Å². The smallest absolute Gasteiger partial charge is 0.261 e. The fraction of sp³-hybridized carbons (Fsp3) is 0.409. The first kappa shape index (κ1) is 18.5. The predicted octanol–water partition coefficient (Wildman–Crippen LogP) is 3.91. The summed E-state index contributed by atoms with van der Waals surface area (Å²) >= 11 is 0. The van der Waals surface area contributed by atoms with Gasteiger partial charge in [-0.05, 0) is 57.0 Å². The Morgan fingerprint density at radius 3 is 2.79 bits per heavy atom. The lowest BCUT2D eigenvalue weighted by Crippen LogP contribution is -2.28. The summed E-state index contributed by atoms with van der Waals surface area (Å²) in [5, 5.41) is 3.51. The Morgan fingerprint density at radius 1 is 1.18 bits per heavy atom. The Bertz CT molecular complexity index is 1080. The van der Waals surface area contributed by atoms with Gasteiger partial charge in [-0.3, -0.25) is 14.2 Å². The van der Waals surface area contributed by atoms with E-state index >= 15 is 0 Å². The Hall–Kier alpha value is -2.89. The number of aryl methyl sites for hydroxylation is 2. The van der Waals surface area contributed by atoms with Crippen LogP contribution in [0.3, 0.4) is 0 Å². The molecular formula is C22H25N3O3. The van der Waals surface area contributed by atoms with Crippen LogP contribution >= 0.6 is 0 Å². The van der Waals surface area contributed by atoms with Crippen LogP contribution in [-0.2, 0) is 13.0 Å². The number of hydrogen-bond donors (Lipinski definition) is 1. The molecule has 1 aliphatic rings. The molecule has 0 saturated heterocycles. The molecule has 0 radical (unpaired) electrons. The van der Waals surface area contributed by atoms with Crippen molar-refractivity contribution in [1.82, 2.24) is 14.9 Å². The van der Waals surface area contributed by atoms with Crippen molar-refractivity contribution in [3.05, 3.63) is 63.6 Å². The second kappa shape index (κ2) is 7.62. The summed E-state index contributed by atoms with van der Waals surface area (Å²) in [6.07, 6.45) is 5.16. The maximum atomic E-state index is 12.9. The van der Waals surface area contributed by atoms with Crippen LogP contribution in [0.4, 0.5) is 0 Å². The van der Waals surface area contributed by atoms with E-state index in [9.17, 15) is 9.59 Å². The molecule has 0 saturated carbocycles. The Balaban J connectivity index is 1.64. The van der Waals surface area contributed by atoms with Gasteiger partial charge >= 0.3 is 0 Å². The maximum Gasteiger partial charge on any atom is 0.261 e. The summed E-state index contributed by atoms with van der Waals surface area (Å²) in [6, 6.07) is 8.61. The van der Waals surface area contributed by atoms with Crippen molar-refractivity contribution < 1.29 is 9.21 Å². The number of aromatic nitrogens is 2. The molecule has 6 heteroatoms. The molecule has 4 rings (SSSR count). The number of amides is 1. The summed E-state index contributed by atoms with van der Waals surface area (Å²) in [5.41, 5.74) is 1.07. The highest BCUT2D eigenvalue weighted by Gasteiger charge is 2.17. The zero-order valence-electron chi connectivity index (χ0n) is 16.3. The highest BCUT2D eigenvalue weighted by molar-refractivity contribution is 5.97. The van der Waals surface area contributed by atoms with E-state index in [0.717, 1.165) is 43.8 Å². The summed E-state index contributed by atoms with van der Waals surface area (Å²) in [4.78, 5) is 30.3. The normalized spacial score (nSPS) is 15.5. The van der Waals surface area contributed by atoms with E-state index in [4.69, 9.17) is 9.40 Å². The molecule has 1 unspecified atom stereocenters. The SMILES string of the molecule is Cc1ccc(C(C)NC(=O)c2ccc3c(=O)n4c(nc3c2)CCCCCC4)o1. The summed E-state index contributed by atoms with van der Waals surface area (Å²) in [6.45, 7) is 4.47. The number of fused-ring (bicyclic) bond motifs is 2. The van der Waals surface area contributed by atoms with Crippen molar-refractivity contribution in [2.24, 2.45) is 0 Å². The van der Waals surface area contributed by atoms with Crippen molar-refractivity contribution in [2.75, 3.05) is 0 Å². The van der Waals surface area contributed by atoms with Crippen molar-refractivity contribution in [1.29, 1.82) is 0 Å². The molecule has 1 aliphatic heterocycles. The predicted molar refractivity (Wildman–Crippen MR) is 108 cm³/mol. The lowest BCUT2D eigenvalue weighted by molar-refractivity contribution is 0.0935. The van der Waals surface area contributed by atoms with Crippen molar-refractivity contribution in [2.45, 2.75) is 58.5 Å². The lowest BCUT2D eigenvalue weighted by Gasteiger charge is -2.16. The van der Waals surface area contributed by atoms with Gasteiger partial charge < -0.3 is 9.73 Å². The van der Waals surface area contributed by atoms with Gasteiger partial charge in [0, 0.05) is 18.5 Å². The lowest BCUT2D eigenvalue weighted by atomic mass is 10.1. The van der Waals surface area contributed by atoms with Gasteiger partial charge in [0.15, 0.2) is 0 Å². The molecule has 0 spiro atoms. The fourth-order valence-corrected chi connectivity index (χ4v) is 3.77. The standard InChI is InChI=1S/C22H25N3O3/c1-14-8-11-19(28-14)15(2)23-21(26)16-9-10-17-18(13-16)24-20-7-5-3-4-6-12-25(20)22(17)27/h8-11,13,15H,3-7,12H2,1-2H3,(H,23,26). The third-order valence-electron chi connectivity index (χ3n) is 5.36. The molecule has 1 N–H and O–H groups in total. The highest BCUT2D eigenvalue weighted by Crippen LogP contribution is 2.19. The number of hydrogen-bond acceptors (Lipinski definition) is 4. The van der Waals surface area contributed by atoms with E-state index < -0.39 is 0 Å². The molecular weight excluding hydrogens is 354 g/mol. The molecule has 6 nitrogen and oxygen atoms in total. The number of benzene rings is 1. The van der Waals surface area contributed by atoms with Gasteiger partial charge in [-0.2, -0.15) is 0 Å². The first-order chi connectivity index (χ1) is 13.5. The minimum atomic E-state index is -0.244. The largest absolute Gasteiger partial charge is 0.464 e. The number of nitrogens with one attached hydrogen (secondary N) is 1. The fourth-order valence-electron chi connectivity index (χ4n) is 3.77. The monoisotopic (exact) mass is 379 g/mol. The van der Waals surface area contributed by atoms with Crippen molar-refractivity contribution in [3.8, 4) is 0 Å². The van der Waals surface area contributed by atoms with Crippen LogP contribution < -0.4 is 10.9 Å². The topological polar surface area (TPSA) is 77.1 Å². The van der Waals surface area contributed by atoms with E-state index in [1.54, 1.807) is 18.2 Å². The number of nitrogens with zero attached hydrogens (tertiary/aromatic N) is 2. The molecule has 1 atom stereocenters. The van der Waals surface area contributed by atoms with Gasteiger partial charge in [0.2, 0.25) is 0 Å². The van der Waals surface area contributed by atoms with Crippen LogP contribution in [0, 0.1) is 6.92 Å². The summed E-state index contributed by atoms with van der Waals surface area (Å²) < 4.78 is 7.39. The van der Waals surface area contributed by atoms with Crippen LogP contribution in [0.1, 0.15) is 66.4 Å².